The maximum Gasteiger partial charge on any atom is 0.263 e. The van der Waals surface area contributed by atoms with Gasteiger partial charge in [0.05, 0.1) is 11.1 Å². The first-order valence-electron chi connectivity index (χ1n) is 12.7. The molecule has 0 N–H and O–H groups in total. The molecule has 1 aliphatic carbocycles. The lowest BCUT2D eigenvalue weighted by Gasteiger charge is -2.35. The van der Waals surface area contributed by atoms with Crippen LogP contribution in [0.4, 0.5) is 17.1 Å². The van der Waals surface area contributed by atoms with Crippen molar-refractivity contribution < 1.29 is 9.59 Å². The summed E-state index contributed by atoms with van der Waals surface area (Å²) >= 11 is 0. The van der Waals surface area contributed by atoms with Gasteiger partial charge in [-0.05, 0) is 61.4 Å². The van der Waals surface area contributed by atoms with Gasteiger partial charge in [0.15, 0.2) is 0 Å². The molecule has 0 aromatic heterocycles. The monoisotopic (exact) mass is 474 g/mol. The van der Waals surface area contributed by atoms with Crippen molar-refractivity contribution in [3.8, 4) is 0 Å². The smallest absolute Gasteiger partial charge is 0.263 e. The van der Waals surface area contributed by atoms with E-state index in [9.17, 15) is 9.59 Å². The third kappa shape index (κ3) is 4.94. The minimum atomic E-state index is -0.229. The molecule has 5 rings (SSSR count). The Morgan fingerprint density at radius 3 is 1.42 bits per heavy atom. The highest BCUT2D eigenvalue weighted by Crippen LogP contribution is 2.32. The van der Waals surface area contributed by atoms with Crippen LogP contribution in [0.15, 0.2) is 115 Å². The molecule has 0 radical (unpaired) electrons. The number of carbonyl (C=O) groups excluding carboxylic acids is 2. The number of rotatable bonds is 6. The summed E-state index contributed by atoms with van der Waals surface area (Å²) in [6, 6.07) is 36.3. The van der Waals surface area contributed by atoms with Gasteiger partial charge in [0.2, 0.25) is 0 Å². The number of amides is 2. The van der Waals surface area contributed by atoms with Crippen LogP contribution in [0.25, 0.3) is 0 Å². The minimum absolute atomic E-state index is 0.121. The van der Waals surface area contributed by atoms with Crippen molar-refractivity contribution >= 4 is 28.9 Å². The van der Waals surface area contributed by atoms with Gasteiger partial charge in [-0.15, -0.1) is 0 Å². The standard InChI is InChI=1S/C32H30N2O2/c35-31(33(25-15-5-1-6-16-25)26-17-7-2-8-18-26)29-23-13-14-24-30(29)32(36)34(27-19-9-3-10-20-27)28-21-11-4-12-22-28/h1-3,5-10,13-20,23-24,28H,4,11-12,21-22H2. The molecule has 0 bridgehead atoms. The van der Waals surface area contributed by atoms with Gasteiger partial charge in [-0.2, -0.15) is 0 Å². The van der Waals surface area contributed by atoms with E-state index in [0.29, 0.717) is 11.1 Å². The van der Waals surface area contributed by atoms with Gasteiger partial charge < -0.3 is 4.90 Å². The summed E-state index contributed by atoms with van der Waals surface area (Å²) in [6.07, 6.45) is 5.36. The fourth-order valence-electron chi connectivity index (χ4n) is 5.07. The first-order chi connectivity index (χ1) is 17.7. The molecule has 4 aromatic rings. The Bertz CT molecular complexity index is 1260. The molecule has 1 aliphatic rings. The van der Waals surface area contributed by atoms with Crippen molar-refractivity contribution in [2.75, 3.05) is 9.80 Å². The maximum atomic E-state index is 14.2. The lowest BCUT2D eigenvalue weighted by Crippen LogP contribution is -2.42. The number of carbonyl (C=O) groups is 2. The van der Waals surface area contributed by atoms with Crippen LogP contribution in [-0.2, 0) is 0 Å². The van der Waals surface area contributed by atoms with E-state index in [0.717, 1.165) is 42.7 Å². The van der Waals surface area contributed by atoms with Crippen molar-refractivity contribution in [3.05, 3.63) is 126 Å². The zero-order valence-electron chi connectivity index (χ0n) is 20.3. The fraction of sp³-hybridized carbons (Fsp3) is 0.188. The SMILES string of the molecule is O=C(c1ccccc1C(=O)N(c1ccccc1)C1CCCCC1)N(c1ccccc1)c1ccccc1. The molecule has 0 aliphatic heterocycles. The van der Waals surface area contributed by atoms with Gasteiger partial charge in [-0.25, -0.2) is 0 Å². The van der Waals surface area contributed by atoms with Gasteiger partial charge in [-0.3, -0.25) is 14.5 Å². The zero-order valence-corrected chi connectivity index (χ0v) is 20.3. The average Bonchev–Trinajstić information content (AvgIpc) is 2.95. The Hall–Kier alpha value is -4.18. The maximum absolute atomic E-state index is 14.2. The van der Waals surface area contributed by atoms with Gasteiger partial charge >= 0.3 is 0 Å². The number of anilines is 3. The second-order valence-electron chi connectivity index (χ2n) is 9.16. The fourth-order valence-corrected chi connectivity index (χ4v) is 5.07. The Morgan fingerprint density at radius 2 is 0.917 bits per heavy atom. The summed E-state index contributed by atoms with van der Waals surface area (Å²) in [6.45, 7) is 0. The summed E-state index contributed by atoms with van der Waals surface area (Å²) in [5, 5.41) is 0. The minimum Gasteiger partial charge on any atom is -0.305 e. The van der Waals surface area contributed by atoms with E-state index in [1.54, 1.807) is 17.0 Å². The van der Waals surface area contributed by atoms with Crippen LogP contribution in [-0.4, -0.2) is 17.9 Å². The van der Waals surface area contributed by atoms with E-state index in [1.807, 2.05) is 108 Å². The molecule has 1 fully saturated rings. The van der Waals surface area contributed by atoms with E-state index in [4.69, 9.17) is 0 Å². The van der Waals surface area contributed by atoms with Crippen LogP contribution in [0.2, 0.25) is 0 Å². The molecule has 180 valence electrons. The highest BCUT2D eigenvalue weighted by Gasteiger charge is 2.31. The van der Waals surface area contributed by atoms with E-state index < -0.39 is 0 Å². The molecule has 0 atom stereocenters. The molecule has 0 heterocycles. The summed E-state index contributed by atoms with van der Waals surface area (Å²) in [7, 11) is 0. The van der Waals surface area contributed by atoms with Crippen LogP contribution < -0.4 is 9.80 Å². The first-order valence-corrected chi connectivity index (χ1v) is 12.7. The number of hydrogen-bond acceptors (Lipinski definition) is 2. The Kier molecular flexibility index (Phi) is 7.23. The van der Waals surface area contributed by atoms with Crippen LogP contribution in [0, 0.1) is 0 Å². The molecular formula is C32H30N2O2. The molecule has 4 aromatic carbocycles. The second-order valence-corrected chi connectivity index (χ2v) is 9.16. The molecular weight excluding hydrogens is 444 g/mol. The van der Waals surface area contributed by atoms with Crippen LogP contribution in [0.3, 0.4) is 0 Å². The summed E-state index contributed by atoms with van der Waals surface area (Å²) in [5.74, 6) is -0.355. The van der Waals surface area contributed by atoms with Gasteiger partial charge in [0, 0.05) is 23.1 Å². The van der Waals surface area contributed by atoms with Crippen molar-refractivity contribution in [3.63, 3.8) is 0 Å². The third-order valence-electron chi connectivity index (χ3n) is 6.81. The molecule has 0 unspecified atom stereocenters. The summed E-state index contributed by atoms with van der Waals surface area (Å²) in [4.78, 5) is 32.0. The van der Waals surface area contributed by atoms with Gasteiger partial charge in [0.25, 0.3) is 11.8 Å². The lowest BCUT2D eigenvalue weighted by atomic mass is 9.92. The molecule has 4 heteroatoms. The largest absolute Gasteiger partial charge is 0.305 e. The first kappa shape index (κ1) is 23.6. The third-order valence-corrected chi connectivity index (χ3v) is 6.81. The zero-order chi connectivity index (χ0) is 24.7. The second kappa shape index (κ2) is 11.0. The highest BCUT2D eigenvalue weighted by molar-refractivity contribution is 6.19. The number of nitrogens with zero attached hydrogens (tertiary/aromatic N) is 2. The number of para-hydroxylation sites is 3. The van der Waals surface area contributed by atoms with E-state index >= 15 is 0 Å². The topological polar surface area (TPSA) is 40.6 Å². The normalized spacial score (nSPS) is 13.7. The molecule has 0 saturated heterocycles. The van der Waals surface area contributed by atoms with Crippen molar-refractivity contribution in [2.45, 2.75) is 38.1 Å². The molecule has 0 spiro atoms. The predicted molar refractivity (Wildman–Crippen MR) is 146 cm³/mol. The van der Waals surface area contributed by atoms with Crippen molar-refractivity contribution in [2.24, 2.45) is 0 Å². The van der Waals surface area contributed by atoms with Crippen molar-refractivity contribution in [1.82, 2.24) is 0 Å². The van der Waals surface area contributed by atoms with Crippen molar-refractivity contribution in [1.29, 1.82) is 0 Å². The predicted octanol–water partition coefficient (Wildman–Crippen LogP) is 7.64. The molecule has 4 nitrogen and oxygen atoms in total. The molecule has 2 amide bonds. The summed E-state index contributed by atoms with van der Waals surface area (Å²) in [5.41, 5.74) is 3.20. The highest BCUT2D eigenvalue weighted by atomic mass is 16.2. The molecule has 1 saturated carbocycles. The number of hydrogen-bond donors (Lipinski definition) is 0. The number of benzene rings is 4. The Balaban J connectivity index is 1.58. The lowest BCUT2D eigenvalue weighted by molar-refractivity contribution is 0.0949. The Labute approximate surface area is 212 Å². The Morgan fingerprint density at radius 1 is 0.500 bits per heavy atom. The van der Waals surface area contributed by atoms with Crippen LogP contribution in [0.1, 0.15) is 52.8 Å². The average molecular weight is 475 g/mol. The van der Waals surface area contributed by atoms with E-state index in [1.165, 1.54) is 6.42 Å². The quantitative estimate of drug-likeness (QED) is 0.288. The van der Waals surface area contributed by atoms with E-state index in [2.05, 4.69) is 0 Å². The van der Waals surface area contributed by atoms with E-state index in [-0.39, 0.29) is 17.9 Å². The van der Waals surface area contributed by atoms with Gasteiger partial charge in [0.1, 0.15) is 0 Å². The summed E-state index contributed by atoms with van der Waals surface area (Å²) < 4.78 is 0. The molecule has 36 heavy (non-hydrogen) atoms. The van der Waals surface area contributed by atoms with Crippen LogP contribution >= 0.6 is 0 Å². The van der Waals surface area contributed by atoms with Gasteiger partial charge in [-0.1, -0.05) is 86.0 Å². The van der Waals surface area contributed by atoms with Crippen LogP contribution in [0.5, 0.6) is 0 Å².